The fraction of sp³-hybridized carbons (Fsp3) is 0.136. The lowest BCUT2D eigenvalue weighted by Crippen LogP contribution is -2.12. The Morgan fingerprint density at radius 2 is 2.00 bits per heavy atom. The summed E-state index contributed by atoms with van der Waals surface area (Å²) in [5, 5.41) is 0.518. The molecular weight excluding hydrogens is 418 g/mol. The number of fused-ring (bicyclic) bond motifs is 1. The number of halogens is 1. The van der Waals surface area contributed by atoms with Gasteiger partial charge < -0.3 is 9.72 Å². The molecular formula is C22H18BrN3O2. The van der Waals surface area contributed by atoms with E-state index in [0.717, 1.165) is 21.3 Å². The van der Waals surface area contributed by atoms with Crippen LogP contribution in [0.5, 0.6) is 5.75 Å². The topological polar surface area (TPSA) is 67.9 Å². The van der Waals surface area contributed by atoms with Crippen LogP contribution in [0.25, 0.3) is 22.2 Å². The number of hydrogen-bond donors (Lipinski definition) is 1. The van der Waals surface area contributed by atoms with Gasteiger partial charge in [-0.3, -0.25) is 9.78 Å². The summed E-state index contributed by atoms with van der Waals surface area (Å²) in [5.74, 6) is 1.23. The van der Waals surface area contributed by atoms with E-state index >= 15 is 0 Å². The van der Waals surface area contributed by atoms with Gasteiger partial charge in [0.1, 0.15) is 11.6 Å². The second-order valence-electron chi connectivity index (χ2n) is 6.61. The van der Waals surface area contributed by atoms with E-state index in [0.29, 0.717) is 28.9 Å². The number of benzene rings is 2. The van der Waals surface area contributed by atoms with Crippen molar-refractivity contribution in [3.05, 3.63) is 86.5 Å². The van der Waals surface area contributed by atoms with Crippen LogP contribution in [-0.2, 0) is 6.42 Å². The zero-order valence-corrected chi connectivity index (χ0v) is 17.1. The molecule has 0 amide bonds. The van der Waals surface area contributed by atoms with Crippen LogP contribution < -0.4 is 10.3 Å². The van der Waals surface area contributed by atoms with E-state index in [1.165, 1.54) is 5.56 Å². The minimum absolute atomic E-state index is 0.173. The number of H-pyrrole nitrogens is 1. The maximum Gasteiger partial charge on any atom is 0.258 e. The van der Waals surface area contributed by atoms with Crippen molar-refractivity contribution in [2.75, 3.05) is 7.11 Å². The maximum absolute atomic E-state index is 12.4. The predicted molar refractivity (Wildman–Crippen MR) is 114 cm³/mol. The van der Waals surface area contributed by atoms with Crippen LogP contribution in [0.15, 0.2) is 64.0 Å². The van der Waals surface area contributed by atoms with Crippen molar-refractivity contribution in [3.63, 3.8) is 0 Å². The molecule has 0 unspecified atom stereocenters. The van der Waals surface area contributed by atoms with Crippen molar-refractivity contribution in [2.45, 2.75) is 13.3 Å². The third-order valence-corrected chi connectivity index (χ3v) is 5.16. The molecule has 1 N–H and O–H groups in total. The Morgan fingerprint density at radius 1 is 1.14 bits per heavy atom. The summed E-state index contributed by atoms with van der Waals surface area (Å²) in [6.45, 7) is 2.06. The Morgan fingerprint density at radius 3 is 2.71 bits per heavy atom. The predicted octanol–water partition coefficient (Wildman–Crippen LogP) is 4.66. The number of hydrogen-bond acceptors (Lipinski definition) is 4. The molecule has 0 saturated carbocycles. The number of nitrogens with one attached hydrogen (secondary N) is 1. The summed E-state index contributed by atoms with van der Waals surface area (Å²) in [4.78, 5) is 24.5. The van der Waals surface area contributed by atoms with E-state index in [1.54, 1.807) is 19.2 Å². The van der Waals surface area contributed by atoms with Gasteiger partial charge in [0.05, 0.1) is 28.2 Å². The van der Waals surface area contributed by atoms with Gasteiger partial charge in [-0.05, 0) is 46.6 Å². The number of aromatic nitrogens is 3. The van der Waals surface area contributed by atoms with Gasteiger partial charge in [-0.2, -0.15) is 0 Å². The molecule has 2 aromatic carbocycles. The molecule has 6 heteroatoms. The summed E-state index contributed by atoms with van der Waals surface area (Å²) < 4.78 is 6.03. The highest BCUT2D eigenvalue weighted by Crippen LogP contribution is 2.28. The number of methoxy groups -OCH3 is 1. The summed E-state index contributed by atoms with van der Waals surface area (Å²) >= 11 is 3.40. The van der Waals surface area contributed by atoms with Gasteiger partial charge in [0.15, 0.2) is 0 Å². The van der Waals surface area contributed by atoms with Gasteiger partial charge in [-0.15, -0.1) is 0 Å². The van der Waals surface area contributed by atoms with Crippen molar-refractivity contribution < 1.29 is 4.74 Å². The lowest BCUT2D eigenvalue weighted by Gasteiger charge is -2.07. The van der Waals surface area contributed by atoms with Crippen molar-refractivity contribution in [1.29, 1.82) is 0 Å². The van der Waals surface area contributed by atoms with Crippen LogP contribution in [-0.4, -0.2) is 22.1 Å². The lowest BCUT2D eigenvalue weighted by atomic mass is 10.1. The van der Waals surface area contributed by atoms with E-state index in [1.807, 2.05) is 30.5 Å². The molecule has 4 aromatic rings. The molecule has 0 radical (unpaired) electrons. The Hall–Kier alpha value is -2.99. The van der Waals surface area contributed by atoms with Gasteiger partial charge in [-0.25, -0.2) is 4.98 Å². The molecule has 140 valence electrons. The maximum atomic E-state index is 12.4. The van der Waals surface area contributed by atoms with Crippen molar-refractivity contribution in [3.8, 4) is 17.0 Å². The highest BCUT2D eigenvalue weighted by atomic mass is 79.9. The minimum atomic E-state index is -0.173. The number of ether oxygens (including phenoxy) is 1. The van der Waals surface area contributed by atoms with Crippen LogP contribution in [0.1, 0.15) is 17.0 Å². The number of aryl methyl sites for hydroxylation is 1. The Bertz CT molecular complexity index is 1220. The number of nitrogens with zero attached hydrogens (tertiary/aromatic N) is 2. The van der Waals surface area contributed by atoms with Crippen LogP contribution >= 0.6 is 15.9 Å². The Labute approximate surface area is 170 Å². The molecule has 2 aromatic heterocycles. The smallest absolute Gasteiger partial charge is 0.258 e. The molecule has 0 fully saturated rings. The molecule has 0 bridgehead atoms. The molecule has 0 aliphatic carbocycles. The highest BCUT2D eigenvalue weighted by molar-refractivity contribution is 9.10. The van der Waals surface area contributed by atoms with Crippen LogP contribution in [0, 0.1) is 6.92 Å². The number of aromatic amines is 1. The van der Waals surface area contributed by atoms with E-state index in [2.05, 4.69) is 49.9 Å². The average Bonchev–Trinajstić information content (AvgIpc) is 2.69. The average molecular weight is 436 g/mol. The molecule has 0 aliphatic heterocycles. The Balaban J connectivity index is 1.64. The first-order valence-electron chi connectivity index (χ1n) is 8.82. The lowest BCUT2D eigenvalue weighted by molar-refractivity contribution is 0.412. The molecule has 0 atom stereocenters. The monoisotopic (exact) mass is 435 g/mol. The molecule has 5 nitrogen and oxygen atoms in total. The zero-order chi connectivity index (χ0) is 19.7. The van der Waals surface area contributed by atoms with Gasteiger partial charge in [-0.1, -0.05) is 29.8 Å². The molecule has 0 spiro atoms. The fourth-order valence-electron chi connectivity index (χ4n) is 3.13. The molecule has 0 saturated heterocycles. The SMILES string of the molecule is COc1cc2nc(Cc3ccc(-c4cccc(C)c4)nc3)[nH]c(=O)c2cc1Br. The zero-order valence-electron chi connectivity index (χ0n) is 15.5. The third-order valence-electron chi connectivity index (χ3n) is 4.54. The van der Waals surface area contributed by atoms with E-state index in [-0.39, 0.29) is 5.56 Å². The summed E-state index contributed by atoms with van der Waals surface area (Å²) in [5.41, 5.74) is 4.60. The van der Waals surface area contributed by atoms with Crippen LogP contribution in [0.4, 0.5) is 0 Å². The van der Waals surface area contributed by atoms with Gasteiger partial charge in [0, 0.05) is 24.2 Å². The van der Waals surface area contributed by atoms with E-state index in [9.17, 15) is 4.79 Å². The quantitative estimate of drug-likeness (QED) is 0.506. The minimum Gasteiger partial charge on any atom is -0.495 e. The highest BCUT2D eigenvalue weighted by Gasteiger charge is 2.10. The molecule has 2 heterocycles. The molecule has 4 rings (SSSR count). The summed E-state index contributed by atoms with van der Waals surface area (Å²) in [6, 6.07) is 15.7. The first-order chi connectivity index (χ1) is 13.5. The first kappa shape index (κ1) is 18.4. The van der Waals surface area contributed by atoms with E-state index in [4.69, 9.17) is 4.74 Å². The van der Waals surface area contributed by atoms with Gasteiger partial charge in [0.25, 0.3) is 5.56 Å². The molecule has 0 aliphatic rings. The number of rotatable bonds is 4. The fourth-order valence-corrected chi connectivity index (χ4v) is 3.63. The van der Waals surface area contributed by atoms with Crippen LogP contribution in [0.2, 0.25) is 0 Å². The van der Waals surface area contributed by atoms with Gasteiger partial charge >= 0.3 is 0 Å². The molecule has 28 heavy (non-hydrogen) atoms. The number of pyridine rings is 1. The van der Waals surface area contributed by atoms with Gasteiger partial charge in [0.2, 0.25) is 0 Å². The first-order valence-corrected chi connectivity index (χ1v) is 9.61. The standard InChI is InChI=1S/C22H18BrN3O2/c1-13-4-3-5-15(8-13)18-7-6-14(12-24-18)9-21-25-19-11-20(28-2)17(23)10-16(19)22(27)26-21/h3-8,10-12H,9H2,1-2H3,(H,25,26,27). The largest absolute Gasteiger partial charge is 0.495 e. The third kappa shape index (κ3) is 3.68. The van der Waals surface area contributed by atoms with Crippen molar-refractivity contribution in [1.82, 2.24) is 15.0 Å². The van der Waals surface area contributed by atoms with E-state index < -0.39 is 0 Å². The normalized spacial score (nSPS) is 11.0. The summed E-state index contributed by atoms with van der Waals surface area (Å²) in [7, 11) is 1.58. The second kappa shape index (κ2) is 7.56. The summed E-state index contributed by atoms with van der Waals surface area (Å²) in [6.07, 6.45) is 2.31. The Kier molecular flexibility index (Phi) is 4.96. The van der Waals surface area contributed by atoms with Crippen LogP contribution in [0.3, 0.4) is 0 Å². The van der Waals surface area contributed by atoms with Crippen molar-refractivity contribution >= 4 is 26.8 Å². The van der Waals surface area contributed by atoms with Crippen molar-refractivity contribution in [2.24, 2.45) is 0 Å². The second-order valence-corrected chi connectivity index (χ2v) is 7.47.